The van der Waals surface area contributed by atoms with Gasteiger partial charge in [0, 0.05) is 6.42 Å². The summed E-state index contributed by atoms with van der Waals surface area (Å²) in [5.41, 5.74) is -0.180. The van der Waals surface area contributed by atoms with E-state index in [2.05, 4.69) is 10.6 Å². The number of anilines is 1. The van der Waals surface area contributed by atoms with Crippen molar-refractivity contribution in [1.82, 2.24) is 10.2 Å². The number of hydrogen-bond donors (Lipinski definition) is 2. The molecule has 1 saturated heterocycles. The van der Waals surface area contributed by atoms with Crippen LogP contribution >= 0.6 is 11.3 Å². The zero-order valence-corrected chi connectivity index (χ0v) is 19.9. The van der Waals surface area contributed by atoms with Crippen LogP contribution in [0.4, 0.5) is 9.80 Å². The summed E-state index contributed by atoms with van der Waals surface area (Å²) in [5, 5.41) is 5.75. The molecule has 1 atom stereocenters. The fourth-order valence-corrected chi connectivity index (χ4v) is 4.76. The van der Waals surface area contributed by atoms with Crippen molar-refractivity contribution in [2.75, 3.05) is 31.7 Å². The average Bonchev–Trinajstić information content (AvgIpc) is 3.13. The standard InChI is InChI=1S/C23H25N3O7S/c1-4-31-20(28)19-13(2)10-18(34-19)24-17(27)12-26-21(29)23(3,25-22(26)30)14-6-7-15-16(11-14)33-9-5-8-32-15/h6-7,10-11H,4-5,8-9,12H2,1-3H3,(H,24,27)(H,25,30). The summed E-state index contributed by atoms with van der Waals surface area (Å²) in [5.74, 6) is -0.517. The molecule has 0 radical (unpaired) electrons. The quantitative estimate of drug-likeness (QED) is 0.474. The first-order chi connectivity index (χ1) is 16.2. The van der Waals surface area contributed by atoms with Crippen molar-refractivity contribution in [3.8, 4) is 11.5 Å². The Balaban J connectivity index is 1.47. The van der Waals surface area contributed by atoms with Crippen LogP contribution < -0.4 is 20.1 Å². The highest BCUT2D eigenvalue weighted by Gasteiger charge is 2.49. The summed E-state index contributed by atoms with van der Waals surface area (Å²) in [7, 11) is 0. The second kappa shape index (κ2) is 9.34. The van der Waals surface area contributed by atoms with Crippen molar-refractivity contribution >= 4 is 40.2 Å². The van der Waals surface area contributed by atoms with Crippen LogP contribution in [0.25, 0.3) is 0 Å². The van der Waals surface area contributed by atoms with Crippen LogP contribution in [0.2, 0.25) is 0 Å². The fraction of sp³-hybridized carbons (Fsp3) is 0.391. The number of benzene rings is 1. The highest BCUT2D eigenvalue weighted by molar-refractivity contribution is 7.18. The van der Waals surface area contributed by atoms with Crippen molar-refractivity contribution in [1.29, 1.82) is 0 Å². The molecule has 0 spiro atoms. The van der Waals surface area contributed by atoms with E-state index < -0.39 is 35.9 Å². The van der Waals surface area contributed by atoms with E-state index in [1.165, 1.54) is 0 Å². The third-order valence-corrected chi connectivity index (χ3v) is 6.68. The van der Waals surface area contributed by atoms with Gasteiger partial charge < -0.3 is 24.8 Å². The molecule has 1 aromatic carbocycles. The number of imide groups is 1. The molecule has 4 amide bonds. The zero-order valence-electron chi connectivity index (χ0n) is 19.1. The number of amides is 4. The molecule has 2 aromatic rings. The number of urea groups is 1. The Labute approximate surface area is 200 Å². The lowest BCUT2D eigenvalue weighted by Gasteiger charge is -2.23. The molecule has 34 heavy (non-hydrogen) atoms. The van der Waals surface area contributed by atoms with Crippen molar-refractivity contribution in [2.45, 2.75) is 32.7 Å². The van der Waals surface area contributed by atoms with E-state index in [0.29, 0.717) is 45.7 Å². The summed E-state index contributed by atoms with van der Waals surface area (Å²) in [6.45, 7) is 5.81. The van der Waals surface area contributed by atoms with E-state index in [9.17, 15) is 19.2 Å². The molecule has 2 aliphatic rings. The third kappa shape index (κ3) is 4.43. The number of aryl methyl sites for hydroxylation is 1. The molecule has 3 heterocycles. The molecule has 1 aromatic heterocycles. The molecular weight excluding hydrogens is 462 g/mol. The first-order valence-corrected chi connectivity index (χ1v) is 11.7. The third-order valence-electron chi connectivity index (χ3n) is 5.54. The number of carbonyl (C=O) groups is 4. The number of hydrogen-bond acceptors (Lipinski definition) is 8. The van der Waals surface area contributed by atoms with Gasteiger partial charge in [-0.3, -0.25) is 14.5 Å². The van der Waals surface area contributed by atoms with Gasteiger partial charge in [-0.2, -0.15) is 0 Å². The fourth-order valence-electron chi connectivity index (χ4n) is 3.77. The van der Waals surface area contributed by atoms with Gasteiger partial charge >= 0.3 is 12.0 Å². The van der Waals surface area contributed by atoms with Crippen molar-refractivity contribution in [2.24, 2.45) is 0 Å². The van der Waals surface area contributed by atoms with Crippen LogP contribution in [-0.2, 0) is 19.9 Å². The molecule has 4 rings (SSSR count). The first-order valence-electron chi connectivity index (χ1n) is 10.8. The topological polar surface area (TPSA) is 123 Å². The maximum atomic E-state index is 13.2. The Morgan fingerprint density at radius 1 is 1.21 bits per heavy atom. The smallest absolute Gasteiger partial charge is 0.348 e. The number of esters is 1. The van der Waals surface area contributed by atoms with Crippen LogP contribution in [0.15, 0.2) is 24.3 Å². The van der Waals surface area contributed by atoms with Crippen molar-refractivity contribution in [3.63, 3.8) is 0 Å². The number of rotatable bonds is 6. The molecule has 1 fully saturated rings. The highest BCUT2D eigenvalue weighted by atomic mass is 32.1. The highest BCUT2D eigenvalue weighted by Crippen LogP contribution is 2.36. The summed E-state index contributed by atoms with van der Waals surface area (Å²) in [6, 6.07) is 6.04. The van der Waals surface area contributed by atoms with Gasteiger partial charge in [-0.25, -0.2) is 9.59 Å². The summed E-state index contributed by atoms with van der Waals surface area (Å²) >= 11 is 1.07. The number of carbonyl (C=O) groups excluding carboxylic acids is 4. The van der Waals surface area contributed by atoms with Crippen molar-refractivity contribution in [3.05, 3.63) is 40.3 Å². The van der Waals surface area contributed by atoms with E-state index in [-0.39, 0.29) is 6.61 Å². The predicted molar refractivity (Wildman–Crippen MR) is 123 cm³/mol. The Kier molecular flexibility index (Phi) is 6.47. The molecule has 11 heteroatoms. The van der Waals surface area contributed by atoms with Crippen LogP contribution in [0.5, 0.6) is 11.5 Å². The Bertz CT molecular complexity index is 1160. The van der Waals surface area contributed by atoms with Gasteiger partial charge in [0.1, 0.15) is 17.0 Å². The van der Waals surface area contributed by atoms with Gasteiger partial charge in [0.2, 0.25) is 5.91 Å². The molecule has 0 aliphatic carbocycles. The minimum absolute atomic E-state index is 0.242. The molecule has 0 saturated carbocycles. The molecule has 2 N–H and O–H groups in total. The number of nitrogens with one attached hydrogen (secondary N) is 2. The van der Waals surface area contributed by atoms with Gasteiger partial charge in [0.25, 0.3) is 5.91 Å². The van der Waals surface area contributed by atoms with Crippen LogP contribution in [-0.4, -0.2) is 55.1 Å². The predicted octanol–water partition coefficient (Wildman–Crippen LogP) is 2.80. The zero-order chi connectivity index (χ0) is 24.5. The number of nitrogens with zero attached hydrogens (tertiary/aromatic N) is 1. The molecular formula is C23H25N3O7S. The number of fused-ring (bicyclic) bond motifs is 1. The number of ether oxygens (including phenoxy) is 3. The van der Waals surface area contributed by atoms with E-state index in [1.54, 1.807) is 45.0 Å². The summed E-state index contributed by atoms with van der Waals surface area (Å²) in [4.78, 5) is 51.7. The van der Waals surface area contributed by atoms with E-state index >= 15 is 0 Å². The minimum atomic E-state index is -1.36. The van der Waals surface area contributed by atoms with Gasteiger partial charge in [-0.1, -0.05) is 6.07 Å². The SMILES string of the molecule is CCOC(=O)c1sc(NC(=O)CN2C(=O)NC(C)(c3ccc4c(c3)OCCCO4)C2=O)cc1C. The molecule has 2 aliphatic heterocycles. The van der Waals surface area contributed by atoms with E-state index in [4.69, 9.17) is 14.2 Å². The average molecular weight is 488 g/mol. The van der Waals surface area contributed by atoms with E-state index in [0.717, 1.165) is 22.7 Å². The minimum Gasteiger partial charge on any atom is -0.490 e. The van der Waals surface area contributed by atoms with Crippen molar-refractivity contribution < 1.29 is 33.4 Å². The Morgan fingerprint density at radius 3 is 2.68 bits per heavy atom. The van der Waals surface area contributed by atoms with Gasteiger partial charge in [0.15, 0.2) is 11.5 Å². The summed E-state index contributed by atoms with van der Waals surface area (Å²) < 4.78 is 16.3. The van der Waals surface area contributed by atoms with E-state index in [1.807, 2.05) is 0 Å². The second-order valence-electron chi connectivity index (χ2n) is 8.05. The largest absolute Gasteiger partial charge is 0.490 e. The lowest BCUT2D eigenvalue weighted by molar-refractivity contribution is -0.133. The molecule has 10 nitrogen and oxygen atoms in total. The van der Waals surface area contributed by atoms with Gasteiger partial charge in [-0.05, 0) is 50.1 Å². The number of thiophene rings is 1. The van der Waals surface area contributed by atoms with Gasteiger partial charge in [0.05, 0.1) is 24.8 Å². The summed E-state index contributed by atoms with van der Waals surface area (Å²) in [6.07, 6.45) is 0.741. The van der Waals surface area contributed by atoms with Crippen LogP contribution in [0.1, 0.15) is 41.1 Å². The molecule has 180 valence electrons. The molecule has 1 unspecified atom stereocenters. The Hall–Kier alpha value is -3.60. The normalized spacial score (nSPS) is 19.4. The maximum Gasteiger partial charge on any atom is 0.348 e. The lowest BCUT2D eigenvalue weighted by atomic mass is 9.91. The van der Waals surface area contributed by atoms with Crippen LogP contribution in [0, 0.1) is 6.92 Å². The monoisotopic (exact) mass is 487 g/mol. The maximum absolute atomic E-state index is 13.2. The molecule has 0 bridgehead atoms. The Morgan fingerprint density at radius 2 is 1.94 bits per heavy atom. The van der Waals surface area contributed by atoms with Gasteiger partial charge in [-0.15, -0.1) is 11.3 Å². The second-order valence-corrected chi connectivity index (χ2v) is 9.10. The first kappa shape index (κ1) is 23.6. The van der Waals surface area contributed by atoms with Crippen LogP contribution in [0.3, 0.4) is 0 Å². The lowest BCUT2D eigenvalue weighted by Crippen LogP contribution is -2.42.